The van der Waals surface area contributed by atoms with E-state index in [0.717, 1.165) is 33.7 Å². The van der Waals surface area contributed by atoms with Crippen LogP contribution in [-0.4, -0.2) is 25.6 Å². The second-order valence-electron chi connectivity index (χ2n) is 6.16. The number of rotatable bonds is 5. The van der Waals surface area contributed by atoms with E-state index in [1.807, 2.05) is 47.9 Å². The Morgan fingerprint density at radius 1 is 1.15 bits per heavy atom. The summed E-state index contributed by atoms with van der Waals surface area (Å²) in [5.41, 5.74) is 3.16. The molecule has 1 aromatic carbocycles. The molecule has 0 bridgehead atoms. The highest BCUT2D eigenvalue weighted by atomic mass is 32.1. The van der Waals surface area contributed by atoms with E-state index in [-0.39, 0.29) is 0 Å². The number of aryl methyl sites for hydroxylation is 1. The first-order chi connectivity index (χ1) is 13.1. The van der Waals surface area contributed by atoms with Gasteiger partial charge in [0.2, 0.25) is 0 Å². The number of carbonyl (C=O) groups excluding carboxylic acids is 2. The summed E-state index contributed by atoms with van der Waals surface area (Å²) < 4.78 is 6.08. The third-order valence-electron chi connectivity index (χ3n) is 4.21. The van der Waals surface area contributed by atoms with Crippen molar-refractivity contribution in [3.63, 3.8) is 0 Å². The number of anilines is 1. The molecule has 0 atom stereocenters. The second-order valence-corrected chi connectivity index (χ2v) is 6.96. The molecule has 134 valence electrons. The van der Waals surface area contributed by atoms with Crippen LogP contribution >= 0.6 is 11.5 Å². The van der Waals surface area contributed by atoms with Crippen LogP contribution in [0.1, 0.15) is 21.6 Å². The molecular weight excluding hydrogens is 360 g/mol. The second kappa shape index (κ2) is 7.13. The fourth-order valence-corrected chi connectivity index (χ4v) is 3.61. The number of carbonyl (C=O) groups is 2. The van der Waals surface area contributed by atoms with Crippen molar-refractivity contribution in [3.05, 3.63) is 77.9 Å². The minimum Gasteiger partial charge on any atom is -0.342 e. The van der Waals surface area contributed by atoms with E-state index < -0.39 is 11.7 Å². The van der Waals surface area contributed by atoms with Crippen LogP contribution in [0.5, 0.6) is 0 Å². The quantitative estimate of drug-likeness (QED) is 0.426. The fourth-order valence-electron chi connectivity index (χ4n) is 2.96. The maximum absolute atomic E-state index is 12.8. The summed E-state index contributed by atoms with van der Waals surface area (Å²) in [6.07, 6.45) is 5.21. The maximum atomic E-state index is 12.8. The largest absolute Gasteiger partial charge is 0.342 e. The highest BCUT2D eigenvalue weighted by Gasteiger charge is 2.22. The number of aromatic nitrogens is 3. The van der Waals surface area contributed by atoms with E-state index in [9.17, 15) is 9.59 Å². The Hall–Kier alpha value is -3.32. The first kappa shape index (κ1) is 17.1. The van der Waals surface area contributed by atoms with Crippen LogP contribution in [0, 0.1) is 6.92 Å². The van der Waals surface area contributed by atoms with Crippen molar-refractivity contribution < 1.29 is 9.59 Å². The summed E-state index contributed by atoms with van der Waals surface area (Å²) in [6.45, 7) is 2.42. The van der Waals surface area contributed by atoms with Crippen LogP contribution in [0.4, 0.5) is 5.00 Å². The molecule has 0 radical (unpaired) electrons. The first-order valence-electron chi connectivity index (χ1n) is 8.37. The first-order valence-corrected chi connectivity index (χ1v) is 9.15. The Balaban J connectivity index is 1.67. The van der Waals surface area contributed by atoms with Crippen LogP contribution in [0.15, 0.2) is 61.1 Å². The molecule has 0 saturated heterocycles. The van der Waals surface area contributed by atoms with E-state index in [0.29, 0.717) is 17.1 Å². The van der Waals surface area contributed by atoms with Crippen LogP contribution in [-0.2, 0) is 11.3 Å². The molecule has 0 spiro atoms. The normalized spacial score (nSPS) is 10.9. The van der Waals surface area contributed by atoms with Crippen molar-refractivity contribution >= 4 is 39.1 Å². The molecule has 6 nitrogen and oxygen atoms in total. The molecule has 0 saturated carbocycles. The number of nitrogens with one attached hydrogen (secondary N) is 1. The van der Waals surface area contributed by atoms with Crippen LogP contribution < -0.4 is 5.32 Å². The van der Waals surface area contributed by atoms with Gasteiger partial charge in [-0.15, -0.1) is 0 Å². The van der Waals surface area contributed by atoms with Crippen LogP contribution in [0.3, 0.4) is 0 Å². The Kier molecular flexibility index (Phi) is 4.52. The van der Waals surface area contributed by atoms with Crippen molar-refractivity contribution in [3.8, 4) is 0 Å². The van der Waals surface area contributed by atoms with Gasteiger partial charge in [-0.1, -0.05) is 18.2 Å². The highest BCUT2D eigenvalue weighted by molar-refractivity contribution is 7.10. The minimum absolute atomic E-state index is 0.387. The van der Waals surface area contributed by atoms with E-state index >= 15 is 0 Å². The van der Waals surface area contributed by atoms with Gasteiger partial charge in [0, 0.05) is 36.0 Å². The average Bonchev–Trinajstić information content (AvgIpc) is 3.26. The number of Topliss-reactive ketones (excluding diaryl/α,β-unsaturated/α-hetero) is 1. The number of benzene rings is 1. The molecule has 7 heteroatoms. The van der Waals surface area contributed by atoms with Gasteiger partial charge in [-0.2, -0.15) is 4.37 Å². The summed E-state index contributed by atoms with van der Waals surface area (Å²) in [7, 11) is 0. The van der Waals surface area contributed by atoms with E-state index in [2.05, 4.69) is 14.7 Å². The lowest BCUT2D eigenvalue weighted by Gasteiger charge is -2.04. The number of fused-ring (bicyclic) bond motifs is 1. The predicted octanol–water partition coefficient (Wildman–Crippen LogP) is 3.67. The SMILES string of the molecule is Cc1cc(NC(=O)C(=O)c2cn(Cc3ccncc3)c3ccccc23)sn1. The third-order valence-corrected chi connectivity index (χ3v) is 5.00. The predicted molar refractivity (Wildman–Crippen MR) is 105 cm³/mol. The number of hydrogen-bond donors (Lipinski definition) is 1. The number of para-hydroxylation sites is 1. The number of pyridine rings is 1. The molecule has 4 rings (SSSR count). The minimum atomic E-state index is -0.662. The summed E-state index contributed by atoms with van der Waals surface area (Å²) in [6, 6.07) is 13.2. The zero-order valence-electron chi connectivity index (χ0n) is 14.5. The summed E-state index contributed by atoms with van der Waals surface area (Å²) in [5.74, 6) is -1.23. The Morgan fingerprint density at radius 2 is 1.93 bits per heavy atom. The molecular formula is C20H16N4O2S. The number of hydrogen-bond acceptors (Lipinski definition) is 5. The van der Waals surface area contributed by atoms with Crippen LogP contribution in [0.2, 0.25) is 0 Å². The Labute approximate surface area is 159 Å². The molecule has 1 amide bonds. The molecule has 0 unspecified atom stereocenters. The average molecular weight is 376 g/mol. The summed E-state index contributed by atoms with van der Waals surface area (Å²) >= 11 is 1.16. The molecule has 0 aliphatic carbocycles. The zero-order valence-corrected chi connectivity index (χ0v) is 15.4. The van der Waals surface area contributed by atoms with Crippen molar-refractivity contribution in [2.24, 2.45) is 0 Å². The molecule has 27 heavy (non-hydrogen) atoms. The molecule has 3 aromatic heterocycles. The summed E-state index contributed by atoms with van der Waals surface area (Å²) in [5, 5.41) is 3.95. The Morgan fingerprint density at radius 3 is 2.67 bits per heavy atom. The van der Waals surface area contributed by atoms with E-state index in [4.69, 9.17) is 0 Å². The van der Waals surface area contributed by atoms with Gasteiger partial charge in [0.1, 0.15) is 5.00 Å². The van der Waals surface area contributed by atoms with Gasteiger partial charge in [-0.05, 0) is 48.3 Å². The monoisotopic (exact) mass is 376 g/mol. The van der Waals surface area contributed by atoms with Gasteiger partial charge in [0.25, 0.3) is 11.7 Å². The van der Waals surface area contributed by atoms with Gasteiger partial charge in [0.05, 0.1) is 11.3 Å². The highest BCUT2D eigenvalue weighted by Crippen LogP contribution is 2.24. The standard InChI is InChI=1S/C20H16N4O2S/c1-13-10-18(27-23-13)22-20(26)19(25)16-12-24(11-14-6-8-21-9-7-14)17-5-3-2-4-15(16)17/h2-10,12H,11H2,1H3,(H,22,26). The van der Waals surface area contributed by atoms with Crippen molar-refractivity contribution in [2.75, 3.05) is 5.32 Å². The topological polar surface area (TPSA) is 76.9 Å². The molecule has 1 N–H and O–H groups in total. The lowest BCUT2D eigenvalue weighted by Crippen LogP contribution is -2.22. The molecule has 0 fully saturated rings. The maximum Gasteiger partial charge on any atom is 0.297 e. The van der Waals surface area contributed by atoms with E-state index in [1.54, 1.807) is 24.7 Å². The molecule has 0 aliphatic heterocycles. The number of nitrogens with zero attached hydrogens (tertiary/aromatic N) is 3. The van der Waals surface area contributed by atoms with Gasteiger partial charge < -0.3 is 9.88 Å². The molecule has 3 heterocycles. The van der Waals surface area contributed by atoms with E-state index in [1.165, 1.54) is 0 Å². The zero-order chi connectivity index (χ0) is 18.8. The number of ketones is 1. The summed E-state index contributed by atoms with van der Waals surface area (Å²) in [4.78, 5) is 29.2. The van der Waals surface area contributed by atoms with Crippen molar-refractivity contribution in [2.45, 2.75) is 13.5 Å². The van der Waals surface area contributed by atoms with Crippen molar-refractivity contribution in [1.29, 1.82) is 0 Å². The lowest BCUT2D eigenvalue weighted by atomic mass is 10.1. The third kappa shape index (κ3) is 3.50. The Bertz CT molecular complexity index is 1130. The molecule has 4 aromatic rings. The molecule has 0 aliphatic rings. The van der Waals surface area contributed by atoms with Gasteiger partial charge in [-0.3, -0.25) is 14.6 Å². The smallest absolute Gasteiger partial charge is 0.297 e. The van der Waals surface area contributed by atoms with Gasteiger partial charge in [-0.25, -0.2) is 0 Å². The van der Waals surface area contributed by atoms with Gasteiger partial charge >= 0.3 is 0 Å². The number of amides is 1. The fraction of sp³-hybridized carbons (Fsp3) is 0.100. The lowest BCUT2D eigenvalue weighted by molar-refractivity contribution is -0.112. The van der Waals surface area contributed by atoms with Crippen molar-refractivity contribution in [1.82, 2.24) is 13.9 Å². The van der Waals surface area contributed by atoms with Crippen LogP contribution in [0.25, 0.3) is 10.9 Å². The van der Waals surface area contributed by atoms with Gasteiger partial charge in [0.15, 0.2) is 0 Å².